The summed E-state index contributed by atoms with van der Waals surface area (Å²) in [5.41, 5.74) is 1.92. The third kappa shape index (κ3) is 3.46. The lowest BCUT2D eigenvalue weighted by molar-refractivity contribution is -0.135. The molecule has 0 aromatic carbocycles. The van der Waals surface area contributed by atoms with Crippen molar-refractivity contribution in [2.24, 2.45) is 0 Å². The van der Waals surface area contributed by atoms with Crippen LogP contribution in [0.5, 0.6) is 0 Å². The highest BCUT2D eigenvalue weighted by Gasteiger charge is 2.32. The lowest BCUT2D eigenvalue weighted by Gasteiger charge is -2.33. The number of hydrogen-bond donors (Lipinski definition) is 0. The number of nitrogens with zero attached hydrogens (tertiary/aromatic N) is 4. The Labute approximate surface area is 149 Å². The van der Waals surface area contributed by atoms with E-state index < -0.39 is 0 Å². The molecule has 0 N–H and O–H groups in total. The number of amides is 1. The van der Waals surface area contributed by atoms with Gasteiger partial charge in [-0.3, -0.25) is 9.78 Å². The van der Waals surface area contributed by atoms with E-state index in [-0.39, 0.29) is 11.9 Å². The van der Waals surface area contributed by atoms with Gasteiger partial charge in [0.1, 0.15) is 6.04 Å². The highest BCUT2D eigenvalue weighted by atomic mass is 32.1. The van der Waals surface area contributed by atoms with Crippen LogP contribution in [0.15, 0.2) is 45.9 Å². The molecule has 0 saturated carbocycles. The normalized spacial score (nSPS) is 17.6. The molecule has 0 aliphatic carbocycles. The van der Waals surface area contributed by atoms with Crippen molar-refractivity contribution in [1.82, 2.24) is 20.0 Å². The van der Waals surface area contributed by atoms with Gasteiger partial charge in [0.2, 0.25) is 17.6 Å². The lowest BCUT2D eigenvalue weighted by atomic mass is 10.0. The second kappa shape index (κ2) is 7.14. The molecule has 128 valence electrons. The average molecular weight is 354 g/mol. The first-order valence-corrected chi connectivity index (χ1v) is 9.30. The van der Waals surface area contributed by atoms with Crippen molar-refractivity contribution in [2.75, 3.05) is 6.54 Å². The van der Waals surface area contributed by atoms with Crippen LogP contribution in [0.4, 0.5) is 0 Å². The zero-order valence-corrected chi connectivity index (χ0v) is 14.5. The first-order valence-electron chi connectivity index (χ1n) is 8.36. The zero-order valence-electron chi connectivity index (χ0n) is 13.7. The van der Waals surface area contributed by atoms with Gasteiger partial charge in [-0.1, -0.05) is 5.16 Å². The molecule has 0 bridgehead atoms. The van der Waals surface area contributed by atoms with Gasteiger partial charge < -0.3 is 9.42 Å². The number of rotatable bonds is 4. The maximum atomic E-state index is 12.8. The van der Waals surface area contributed by atoms with E-state index in [1.54, 1.807) is 23.7 Å². The second-order valence-corrected chi connectivity index (χ2v) is 6.88. The van der Waals surface area contributed by atoms with Crippen LogP contribution in [0.25, 0.3) is 11.4 Å². The Hall–Kier alpha value is -2.54. The third-order valence-corrected chi connectivity index (χ3v) is 5.16. The molecule has 1 atom stereocenters. The predicted molar refractivity (Wildman–Crippen MR) is 93.9 cm³/mol. The predicted octanol–water partition coefficient (Wildman–Crippen LogP) is 3.49. The lowest BCUT2D eigenvalue weighted by Crippen LogP contribution is -2.39. The Kier molecular flexibility index (Phi) is 4.56. The first-order chi connectivity index (χ1) is 12.3. The maximum Gasteiger partial charge on any atom is 0.249 e. The van der Waals surface area contributed by atoms with Gasteiger partial charge in [0, 0.05) is 24.5 Å². The molecule has 7 heteroatoms. The average Bonchev–Trinajstić information content (AvgIpc) is 3.34. The molecule has 4 heterocycles. The number of pyridine rings is 1. The fourth-order valence-electron chi connectivity index (χ4n) is 3.14. The molecule has 6 nitrogen and oxygen atoms in total. The summed E-state index contributed by atoms with van der Waals surface area (Å²) in [6, 6.07) is 5.54. The quantitative estimate of drug-likeness (QED) is 0.717. The summed E-state index contributed by atoms with van der Waals surface area (Å²) < 4.78 is 5.50. The van der Waals surface area contributed by atoms with E-state index in [2.05, 4.69) is 15.1 Å². The molecule has 0 spiro atoms. The fourth-order valence-corrected chi connectivity index (χ4v) is 3.81. The Morgan fingerprint density at radius 2 is 2.16 bits per heavy atom. The van der Waals surface area contributed by atoms with Gasteiger partial charge in [0.25, 0.3) is 0 Å². The van der Waals surface area contributed by atoms with Gasteiger partial charge in [-0.2, -0.15) is 16.3 Å². The molecule has 1 aliphatic heterocycles. The number of piperidine rings is 1. The number of likely N-dealkylation sites (tertiary alicyclic amines) is 1. The molecule has 1 unspecified atom stereocenters. The van der Waals surface area contributed by atoms with E-state index in [4.69, 9.17) is 4.52 Å². The van der Waals surface area contributed by atoms with Crippen LogP contribution in [0.2, 0.25) is 0 Å². The molecule has 1 aliphatic rings. The van der Waals surface area contributed by atoms with Crippen LogP contribution in [0.1, 0.15) is 36.8 Å². The van der Waals surface area contributed by atoms with Crippen LogP contribution >= 0.6 is 11.3 Å². The van der Waals surface area contributed by atoms with E-state index in [1.165, 1.54) is 0 Å². The minimum Gasteiger partial charge on any atom is -0.337 e. The van der Waals surface area contributed by atoms with Gasteiger partial charge in [-0.15, -0.1) is 0 Å². The summed E-state index contributed by atoms with van der Waals surface area (Å²) in [7, 11) is 0. The monoisotopic (exact) mass is 354 g/mol. The van der Waals surface area contributed by atoms with E-state index in [9.17, 15) is 4.79 Å². The number of carbonyl (C=O) groups excluding carboxylic acids is 1. The van der Waals surface area contributed by atoms with Crippen molar-refractivity contribution in [3.63, 3.8) is 0 Å². The Balaban J connectivity index is 1.55. The van der Waals surface area contributed by atoms with E-state index in [0.29, 0.717) is 18.1 Å². The van der Waals surface area contributed by atoms with Crippen molar-refractivity contribution < 1.29 is 9.32 Å². The molecule has 0 radical (unpaired) electrons. The van der Waals surface area contributed by atoms with Crippen molar-refractivity contribution in [3.05, 3.63) is 52.8 Å². The summed E-state index contributed by atoms with van der Waals surface area (Å²) in [4.78, 5) is 23.2. The van der Waals surface area contributed by atoms with E-state index in [1.807, 2.05) is 33.9 Å². The maximum absolute atomic E-state index is 12.8. The fraction of sp³-hybridized carbons (Fsp3) is 0.333. The summed E-state index contributed by atoms with van der Waals surface area (Å²) in [5, 5.41) is 8.10. The number of aromatic nitrogens is 3. The number of thiophene rings is 1. The highest BCUT2D eigenvalue weighted by molar-refractivity contribution is 7.08. The molecule has 25 heavy (non-hydrogen) atoms. The van der Waals surface area contributed by atoms with Crippen molar-refractivity contribution in [3.8, 4) is 11.4 Å². The second-order valence-electron chi connectivity index (χ2n) is 6.10. The molecular weight excluding hydrogens is 336 g/mol. The van der Waals surface area contributed by atoms with Crippen LogP contribution in [0, 0.1) is 0 Å². The van der Waals surface area contributed by atoms with Crippen LogP contribution in [-0.4, -0.2) is 32.5 Å². The van der Waals surface area contributed by atoms with Crippen LogP contribution in [-0.2, 0) is 11.2 Å². The van der Waals surface area contributed by atoms with E-state index >= 15 is 0 Å². The molecule has 1 fully saturated rings. The topological polar surface area (TPSA) is 72.1 Å². The number of hydrogen-bond acceptors (Lipinski definition) is 6. The Morgan fingerprint density at radius 1 is 1.28 bits per heavy atom. The molecule has 1 amide bonds. The van der Waals surface area contributed by atoms with Gasteiger partial charge in [0.15, 0.2) is 0 Å². The SMILES string of the molecule is O=C(Cc1ccsc1)N1CCCCC1c1nc(-c2ccncc2)no1. The van der Waals surface area contributed by atoms with Crippen molar-refractivity contribution in [1.29, 1.82) is 0 Å². The zero-order chi connectivity index (χ0) is 17.1. The van der Waals surface area contributed by atoms with Crippen LogP contribution in [0.3, 0.4) is 0 Å². The summed E-state index contributed by atoms with van der Waals surface area (Å²) in [6.45, 7) is 0.737. The third-order valence-electron chi connectivity index (χ3n) is 4.42. The summed E-state index contributed by atoms with van der Waals surface area (Å²) in [5.74, 6) is 1.17. The largest absolute Gasteiger partial charge is 0.337 e. The molecular formula is C18H18N4O2S. The minimum absolute atomic E-state index is 0.117. The van der Waals surface area contributed by atoms with Gasteiger partial charge >= 0.3 is 0 Å². The van der Waals surface area contributed by atoms with Crippen LogP contribution < -0.4 is 0 Å². The Morgan fingerprint density at radius 3 is 2.96 bits per heavy atom. The summed E-state index contributed by atoms with van der Waals surface area (Å²) in [6.07, 6.45) is 6.74. The van der Waals surface area contributed by atoms with Gasteiger partial charge in [0.05, 0.1) is 6.42 Å². The molecule has 3 aromatic rings. The van der Waals surface area contributed by atoms with Gasteiger partial charge in [-0.25, -0.2) is 0 Å². The standard InChI is InChI=1S/C18H18N4O2S/c23-16(11-13-6-10-25-12-13)22-9-2-1-3-15(22)18-20-17(21-24-18)14-4-7-19-8-5-14/h4-8,10,12,15H,1-3,9,11H2. The highest BCUT2D eigenvalue weighted by Crippen LogP contribution is 2.31. The molecule has 4 rings (SSSR count). The van der Waals surface area contributed by atoms with E-state index in [0.717, 1.165) is 36.9 Å². The van der Waals surface area contributed by atoms with Gasteiger partial charge in [-0.05, 0) is 53.8 Å². The van der Waals surface area contributed by atoms with Crippen molar-refractivity contribution >= 4 is 17.2 Å². The van der Waals surface area contributed by atoms with Crippen molar-refractivity contribution in [2.45, 2.75) is 31.7 Å². The smallest absolute Gasteiger partial charge is 0.249 e. The molecule has 3 aromatic heterocycles. The number of carbonyl (C=O) groups is 1. The first kappa shape index (κ1) is 16.0. The molecule has 1 saturated heterocycles. The summed E-state index contributed by atoms with van der Waals surface area (Å²) >= 11 is 1.61. The minimum atomic E-state index is -0.136. The Bertz CT molecular complexity index is 832.